The van der Waals surface area contributed by atoms with Gasteiger partial charge in [0.1, 0.15) is 0 Å². The van der Waals surface area contributed by atoms with Crippen molar-refractivity contribution in [2.24, 2.45) is 0 Å². The van der Waals surface area contributed by atoms with Gasteiger partial charge in [-0.1, -0.05) is 182 Å². The third-order valence-electron chi connectivity index (χ3n) is 12.0. The lowest BCUT2D eigenvalue weighted by molar-refractivity contribution is 1.67. The van der Waals surface area contributed by atoms with E-state index in [0.717, 1.165) is 0 Å². The molecule has 0 unspecified atom stereocenters. The monoisotopic (exact) mass is 680 g/mol. The van der Waals surface area contributed by atoms with Crippen LogP contribution in [0.4, 0.5) is 0 Å². The maximum absolute atomic E-state index is 2.48. The van der Waals surface area contributed by atoms with E-state index in [1.165, 1.54) is 120 Å². The summed E-state index contributed by atoms with van der Waals surface area (Å²) in [5.41, 5.74) is 12.9. The Hall–Kier alpha value is -7.02. The van der Waals surface area contributed by atoms with Crippen LogP contribution in [-0.2, 0) is 0 Å². The molecule has 0 fully saturated rings. The molecule has 0 bridgehead atoms. The first-order chi connectivity index (χ1) is 26.8. The quantitative estimate of drug-likeness (QED) is 0.129. The molecule has 54 heavy (non-hydrogen) atoms. The van der Waals surface area contributed by atoms with E-state index in [0.29, 0.717) is 0 Å². The normalized spacial score (nSPS) is 12.1. The molecule has 0 radical (unpaired) electrons. The van der Waals surface area contributed by atoms with Crippen LogP contribution in [0.1, 0.15) is 0 Å². The molecule has 1 aliphatic carbocycles. The summed E-state index contributed by atoms with van der Waals surface area (Å²) in [5.74, 6) is 0. The Bertz CT molecular complexity index is 3350. The molecule has 248 valence electrons. The molecule has 0 aromatic heterocycles. The molecule has 12 rings (SSSR count). The van der Waals surface area contributed by atoms with Crippen LogP contribution < -0.4 is 0 Å². The van der Waals surface area contributed by atoms with Gasteiger partial charge in [0, 0.05) is 0 Å². The summed E-state index contributed by atoms with van der Waals surface area (Å²) in [6.45, 7) is 0. The Balaban J connectivity index is 1.26. The van der Waals surface area contributed by atoms with Gasteiger partial charge in [0.2, 0.25) is 0 Å². The highest BCUT2D eigenvalue weighted by molar-refractivity contribution is 6.29. The van der Waals surface area contributed by atoms with Gasteiger partial charge in [-0.2, -0.15) is 0 Å². The van der Waals surface area contributed by atoms with Gasteiger partial charge in [0.05, 0.1) is 0 Å². The average Bonchev–Trinajstić information content (AvgIpc) is 3.57. The summed E-state index contributed by atoms with van der Waals surface area (Å²) in [4.78, 5) is 0. The van der Waals surface area contributed by atoms with E-state index in [4.69, 9.17) is 0 Å². The van der Waals surface area contributed by atoms with Crippen LogP contribution in [0, 0.1) is 0 Å². The Morgan fingerprint density at radius 2 is 0.704 bits per heavy atom. The first kappa shape index (κ1) is 29.5. The van der Waals surface area contributed by atoms with Crippen molar-refractivity contribution in [2.45, 2.75) is 0 Å². The molecule has 0 saturated carbocycles. The minimum absolute atomic E-state index is 1.23. The highest BCUT2D eigenvalue weighted by Crippen LogP contribution is 2.53. The van der Waals surface area contributed by atoms with Crippen molar-refractivity contribution in [1.29, 1.82) is 0 Å². The summed E-state index contributed by atoms with van der Waals surface area (Å²) < 4.78 is 0. The van der Waals surface area contributed by atoms with Crippen LogP contribution in [0.2, 0.25) is 0 Å². The second-order valence-corrected chi connectivity index (χ2v) is 14.7. The number of hydrogen-bond donors (Lipinski definition) is 0. The minimum atomic E-state index is 1.23. The van der Waals surface area contributed by atoms with Crippen molar-refractivity contribution >= 4 is 64.6 Å². The molecule has 0 heterocycles. The van der Waals surface area contributed by atoms with Crippen molar-refractivity contribution in [2.75, 3.05) is 0 Å². The maximum Gasteiger partial charge on any atom is -0.00199 e. The molecular weight excluding hydrogens is 649 g/mol. The van der Waals surface area contributed by atoms with Crippen molar-refractivity contribution in [3.8, 4) is 55.6 Å². The third-order valence-corrected chi connectivity index (χ3v) is 12.0. The molecule has 0 saturated heterocycles. The minimum Gasteiger partial charge on any atom is -0.0616 e. The molecule has 11 aromatic rings. The van der Waals surface area contributed by atoms with Crippen LogP contribution in [0.15, 0.2) is 194 Å². The van der Waals surface area contributed by atoms with E-state index in [1.54, 1.807) is 0 Å². The summed E-state index contributed by atoms with van der Waals surface area (Å²) in [7, 11) is 0. The van der Waals surface area contributed by atoms with Gasteiger partial charge in [0.25, 0.3) is 0 Å². The molecule has 11 aromatic carbocycles. The van der Waals surface area contributed by atoms with Crippen LogP contribution in [0.5, 0.6) is 0 Å². The fourth-order valence-electron chi connectivity index (χ4n) is 9.69. The third kappa shape index (κ3) is 4.08. The second kappa shape index (κ2) is 11.2. The molecule has 0 N–H and O–H groups in total. The molecule has 0 spiro atoms. The highest BCUT2D eigenvalue weighted by atomic mass is 14.3. The Kier molecular flexibility index (Phi) is 6.15. The SMILES string of the molecule is c1ccc2c(c1)-c1cccc3c(-c4c5ccccc5c(-c5cc6ccccc6c6ccccc56)c5ccc(-c6cccc7ccccc67)cc45)ccc-2c13. The van der Waals surface area contributed by atoms with E-state index in [-0.39, 0.29) is 0 Å². The van der Waals surface area contributed by atoms with Crippen molar-refractivity contribution in [1.82, 2.24) is 0 Å². The largest absolute Gasteiger partial charge is 0.0616 e. The van der Waals surface area contributed by atoms with E-state index < -0.39 is 0 Å². The van der Waals surface area contributed by atoms with Gasteiger partial charge in [-0.25, -0.2) is 0 Å². The predicted molar refractivity (Wildman–Crippen MR) is 232 cm³/mol. The van der Waals surface area contributed by atoms with Gasteiger partial charge in [-0.05, 0) is 132 Å². The molecule has 0 amide bonds. The van der Waals surface area contributed by atoms with Gasteiger partial charge in [0.15, 0.2) is 0 Å². The van der Waals surface area contributed by atoms with Gasteiger partial charge < -0.3 is 0 Å². The van der Waals surface area contributed by atoms with Gasteiger partial charge in [-0.15, -0.1) is 0 Å². The Labute approximate surface area is 313 Å². The van der Waals surface area contributed by atoms with Crippen LogP contribution in [0.25, 0.3) is 120 Å². The fourth-order valence-corrected chi connectivity index (χ4v) is 9.69. The van der Waals surface area contributed by atoms with E-state index in [1.807, 2.05) is 0 Å². The van der Waals surface area contributed by atoms with E-state index in [2.05, 4.69) is 194 Å². The zero-order valence-corrected chi connectivity index (χ0v) is 29.5. The van der Waals surface area contributed by atoms with Crippen molar-refractivity contribution < 1.29 is 0 Å². The molecule has 0 atom stereocenters. The highest BCUT2D eigenvalue weighted by Gasteiger charge is 2.25. The zero-order chi connectivity index (χ0) is 35.3. The lowest BCUT2D eigenvalue weighted by atomic mass is 9.81. The zero-order valence-electron chi connectivity index (χ0n) is 29.5. The van der Waals surface area contributed by atoms with E-state index in [9.17, 15) is 0 Å². The summed E-state index contributed by atoms with van der Waals surface area (Å²) >= 11 is 0. The maximum atomic E-state index is 2.48. The smallest absolute Gasteiger partial charge is 0.00199 e. The first-order valence-electron chi connectivity index (χ1n) is 18.9. The molecule has 0 nitrogen and oxygen atoms in total. The number of benzene rings is 11. The fraction of sp³-hybridized carbons (Fsp3) is 0. The number of fused-ring (bicyclic) bond motifs is 9. The standard InChI is InChI=1S/C54H32/c1-3-16-36-33(13-1)15-11-24-37(36)35-27-28-49-51(32-35)53(48-30-29-47-41-20-7-6-19-40(41)43-25-12-26-46(48)52(43)47)44-22-9-10-23-45(44)54(49)50-31-34-14-2-4-17-38(34)39-18-5-8-21-42(39)50/h1-32H. The molecule has 0 aliphatic heterocycles. The number of hydrogen-bond acceptors (Lipinski definition) is 0. The average molecular weight is 681 g/mol. The Morgan fingerprint density at radius 1 is 0.204 bits per heavy atom. The van der Waals surface area contributed by atoms with Gasteiger partial charge >= 0.3 is 0 Å². The topological polar surface area (TPSA) is 0 Å². The van der Waals surface area contributed by atoms with E-state index >= 15 is 0 Å². The van der Waals surface area contributed by atoms with Crippen LogP contribution in [-0.4, -0.2) is 0 Å². The predicted octanol–water partition coefficient (Wildman–Crippen LogP) is 15.3. The summed E-state index contributed by atoms with van der Waals surface area (Å²) in [5, 5.41) is 15.3. The molecule has 1 aliphatic rings. The van der Waals surface area contributed by atoms with Crippen LogP contribution in [0.3, 0.4) is 0 Å². The lowest BCUT2D eigenvalue weighted by Gasteiger charge is -2.21. The molecular formula is C54H32. The van der Waals surface area contributed by atoms with Crippen molar-refractivity contribution in [3.05, 3.63) is 194 Å². The number of rotatable bonds is 3. The molecule has 0 heteroatoms. The van der Waals surface area contributed by atoms with Gasteiger partial charge in [-0.3, -0.25) is 0 Å². The summed E-state index contributed by atoms with van der Waals surface area (Å²) in [6.07, 6.45) is 0. The summed E-state index contributed by atoms with van der Waals surface area (Å²) in [6, 6.07) is 72.4. The van der Waals surface area contributed by atoms with Crippen molar-refractivity contribution in [3.63, 3.8) is 0 Å². The van der Waals surface area contributed by atoms with Crippen LogP contribution >= 0.6 is 0 Å². The lowest BCUT2D eigenvalue weighted by Crippen LogP contribution is -1.94. The Morgan fingerprint density at radius 3 is 1.50 bits per heavy atom. The second-order valence-electron chi connectivity index (χ2n) is 14.7. The first-order valence-corrected chi connectivity index (χ1v) is 18.9.